The van der Waals surface area contributed by atoms with Gasteiger partial charge in [0.05, 0.1) is 5.92 Å². The van der Waals surface area contributed by atoms with E-state index in [1.807, 2.05) is 0 Å². The molecule has 0 amide bonds. The van der Waals surface area contributed by atoms with Gasteiger partial charge < -0.3 is 5.32 Å². The summed E-state index contributed by atoms with van der Waals surface area (Å²) in [7, 11) is 1.58. The van der Waals surface area contributed by atoms with E-state index in [1.165, 1.54) is 12.1 Å². The van der Waals surface area contributed by atoms with Gasteiger partial charge in [-0.05, 0) is 37.7 Å². The monoisotopic (exact) mass is 235 g/mol. The van der Waals surface area contributed by atoms with E-state index in [9.17, 15) is 17.6 Å². The summed E-state index contributed by atoms with van der Waals surface area (Å²) >= 11 is 0. The van der Waals surface area contributed by atoms with Gasteiger partial charge in [-0.2, -0.15) is 13.2 Å². The minimum atomic E-state index is -4.34. The van der Waals surface area contributed by atoms with Crippen molar-refractivity contribution in [3.8, 4) is 0 Å². The summed E-state index contributed by atoms with van der Waals surface area (Å²) in [5, 5.41) is 2.66. The third-order valence-electron chi connectivity index (χ3n) is 2.33. The lowest BCUT2D eigenvalue weighted by Crippen LogP contribution is -2.24. The van der Waals surface area contributed by atoms with Gasteiger partial charge >= 0.3 is 6.18 Å². The first-order valence-electron chi connectivity index (χ1n) is 4.92. The molecular weight excluding hydrogens is 222 g/mol. The third-order valence-corrected chi connectivity index (χ3v) is 2.33. The molecule has 1 rings (SSSR count). The molecule has 1 atom stereocenters. The van der Waals surface area contributed by atoms with Crippen molar-refractivity contribution < 1.29 is 17.6 Å². The Hall–Kier alpha value is -1.10. The number of hydrogen-bond acceptors (Lipinski definition) is 1. The summed E-state index contributed by atoms with van der Waals surface area (Å²) in [6.07, 6.45) is -4.44. The van der Waals surface area contributed by atoms with Crippen LogP contribution in [0.3, 0.4) is 0 Å². The van der Waals surface area contributed by atoms with E-state index in [4.69, 9.17) is 0 Å². The van der Waals surface area contributed by atoms with Gasteiger partial charge in [-0.25, -0.2) is 4.39 Å². The van der Waals surface area contributed by atoms with Crippen molar-refractivity contribution in [2.45, 2.75) is 18.5 Å². The molecule has 0 aliphatic heterocycles. The van der Waals surface area contributed by atoms with E-state index in [0.29, 0.717) is 0 Å². The molecule has 16 heavy (non-hydrogen) atoms. The topological polar surface area (TPSA) is 12.0 Å². The summed E-state index contributed by atoms with van der Waals surface area (Å²) in [6, 6.07) is 4.67. The van der Waals surface area contributed by atoms with Crippen molar-refractivity contribution in [1.29, 1.82) is 0 Å². The second-order valence-electron chi connectivity index (χ2n) is 3.54. The molecule has 0 heterocycles. The van der Waals surface area contributed by atoms with Crippen molar-refractivity contribution in [1.82, 2.24) is 5.32 Å². The molecule has 0 saturated carbocycles. The fourth-order valence-electron chi connectivity index (χ4n) is 1.53. The van der Waals surface area contributed by atoms with Crippen LogP contribution < -0.4 is 5.32 Å². The predicted molar refractivity (Wildman–Crippen MR) is 53.7 cm³/mol. The highest BCUT2D eigenvalue weighted by Crippen LogP contribution is 2.37. The maximum absolute atomic E-state index is 12.9. The van der Waals surface area contributed by atoms with E-state index in [2.05, 4.69) is 5.32 Å². The lowest BCUT2D eigenvalue weighted by molar-refractivity contribution is -0.151. The fraction of sp³-hybridized carbons (Fsp3) is 0.455. The molecule has 0 aliphatic rings. The Bertz CT molecular complexity index is 335. The van der Waals surface area contributed by atoms with Gasteiger partial charge in [-0.3, -0.25) is 0 Å². The lowest BCUT2D eigenvalue weighted by Gasteiger charge is -2.20. The maximum Gasteiger partial charge on any atom is 0.395 e. The highest BCUT2D eigenvalue weighted by molar-refractivity contribution is 5.22. The van der Waals surface area contributed by atoms with Crippen LogP contribution in [0.4, 0.5) is 17.6 Å². The summed E-state index contributed by atoms with van der Waals surface area (Å²) in [6.45, 7) is 0.237. The molecule has 1 aromatic rings. The van der Waals surface area contributed by atoms with Crippen LogP contribution in [0.25, 0.3) is 0 Å². The number of nitrogens with one attached hydrogen (secondary N) is 1. The Morgan fingerprint density at radius 2 is 2.00 bits per heavy atom. The van der Waals surface area contributed by atoms with Crippen molar-refractivity contribution in [2.75, 3.05) is 13.6 Å². The van der Waals surface area contributed by atoms with Gasteiger partial charge in [0.2, 0.25) is 0 Å². The minimum Gasteiger partial charge on any atom is -0.320 e. The van der Waals surface area contributed by atoms with Gasteiger partial charge in [0.15, 0.2) is 0 Å². The second-order valence-corrected chi connectivity index (χ2v) is 3.54. The van der Waals surface area contributed by atoms with E-state index in [-0.39, 0.29) is 18.5 Å². The first-order chi connectivity index (χ1) is 7.45. The molecule has 0 saturated heterocycles. The summed E-state index contributed by atoms with van der Waals surface area (Å²) in [5.41, 5.74) is -0.0252. The summed E-state index contributed by atoms with van der Waals surface area (Å²) in [4.78, 5) is 0. The molecule has 90 valence electrons. The maximum atomic E-state index is 12.9. The van der Waals surface area contributed by atoms with Crippen molar-refractivity contribution in [3.63, 3.8) is 0 Å². The molecular formula is C11H13F4N. The highest BCUT2D eigenvalue weighted by atomic mass is 19.4. The summed E-state index contributed by atoms with van der Waals surface area (Å²) in [5.74, 6) is -2.26. The average Bonchev–Trinajstić information content (AvgIpc) is 2.16. The van der Waals surface area contributed by atoms with Crippen LogP contribution in [0.1, 0.15) is 17.9 Å². The normalized spacial score (nSPS) is 13.8. The lowest BCUT2D eigenvalue weighted by atomic mass is 9.95. The second kappa shape index (κ2) is 5.30. The van der Waals surface area contributed by atoms with Crippen LogP contribution in [-0.4, -0.2) is 19.8 Å². The zero-order valence-corrected chi connectivity index (χ0v) is 8.81. The zero-order valence-electron chi connectivity index (χ0n) is 8.81. The Balaban J connectivity index is 2.92. The fourth-order valence-corrected chi connectivity index (χ4v) is 1.53. The number of alkyl halides is 3. The van der Waals surface area contributed by atoms with Gasteiger partial charge in [0.1, 0.15) is 5.82 Å². The molecule has 0 spiro atoms. The minimum absolute atomic E-state index is 0.0252. The standard InChI is InChI=1S/C11H13F4N/c1-16-6-5-10(11(13,14)15)8-3-2-4-9(12)7-8/h2-4,7,10,16H,5-6H2,1H3. The SMILES string of the molecule is CNCCC(c1cccc(F)c1)C(F)(F)F. The van der Waals surface area contributed by atoms with E-state index in [0.717, 1.165) is 12.1 Å². The number of hydrogen-bond donors (Lipinski definition) is 1. The third kappa shape index (κ3) is 3.48. The van der Waals surface area contributed by atoms with Crippen LogP contribution in [0, 0.1) is 5.82 Å². The van der Waals surface area contributed by atoms with E-state index >= 15 is 0 Å². The number of rotatable bonds is 4. The summed E-state index contributed by atoms with van der Waals surface area (Å²) < 4.78 is 51.0. The van der Waals surface area contributed by atoms with Gasteiger partial charge in [-0.1, -0.05) is 12.1 Å². The largest absolute Gasteiger partial charge is 0.395 e. The van der Waals surface area contributed by atoms with Crippen molar-refractivity contribution in [2.24, 2.45) is 0 Å². The van der Waals surface area contributed by atoms with Gasteiger partial charge in [-0.15, -0.1) is 0 Å². The Morgan fingerprint density at radius 1 is 1.31 bits per heavy atom. The predicted octanol–water partition coefficient (Wildman–Crippen LogP) is 3.08. The van der Waals surface area contributed by atoms with Crippen LogP contribution in [0.2, 0.25) is 0 Å². The van der Waals surface area contributed by atoms with Crippen LogP contribution in [0.5, 0.6) is 0 Å². The Kier molecular flexibility index (Phi) is 4.29. The average molecular weight is 235 g/mol. The molecule has 5 heteroatoms. The molecule has 0 aromatic heterocycles. The highest BCUT2D eigenvalue weighted by Gasteiger charge is 2.40. The van der Waals surface area contributed by atoms with Crippen molar-refractivity contribution in [3.05, 3.63) is 35.6 Å². The first kappa shape index (κ1) is 13.0. The molecule has 1 N–H and O–H groups in total. The molecule has 1 nitrogen and oxygen atoms in total. The van der Waals surface area contributed by atoms with Crippen molar-refractivity contribution >= 4 is 0 Å². The molecule has 1 aromatic carbocycles. The first-order valence-corrected chi connectivity index (χ1v) is 4.92. The Labute approximate surface area is 91.5 Å². The Morgan fingerprint density at radius 3 is 2.50 bits per heavy atom. The molecule has 1 unspecified atom stereocenters. The molecule has 0 fully saturated rings. The zero-order chi connectivity index (χ0) is 12.2. The molecule has 0 bridgehead atoms. The van der Waals surface area contributed by atoms with Gasteiger partial charge in [0.25, 0.3) is 0 Å². The smallest absolute Gasteiger partial charge is 0.320 e. The van der Waals surface area contributed by atoms with Gasteiger partial charge in [0, 0.05) is 0 Å². The van der Waals surface area contributed by atoms with Crippen LogP contribution >= 0.6 is 0 Å². The number of benzene rings is 1. The molecule has 0 radical (unpaired) electrons. The van der Waals surface area contributed by atoms with Crippen LogP contribution in [-0.2, 0) is 0 Å². The van der Waals surface area contributed by atoms with E-state index < -0.39 is 17.9 Å². The molecule has 0 aliphatic carbocycles. The van der Waals surface area contributed by atoms with Crippen LogP contribution in [0.15, 0.2) is 24.3 Å². The van der Waals surface area contributed by atoms with E-state index in [1.54, 1.807) is 7.05 Å². The number of halogens is 4. The quantitative estimate of drug-likeness (QED) is 0.791.